The maximum Gasteiger partial charge on any atom is 0.305 e. The number of rotatable bonds is 4. The maximum absolute atomic E-state index is 12.6. The van der Waals surface area contributed by atoms with Gasteiger partial charge in [-0.3, -0.25) is 9.59 Å². The number of hydrogen-bond donors (Lipinski definition) is 2. The summed E-state index contributed by atoms with van der Waals surface area (Å²) in [4.78, 5) is 23.7. The van der Waals surface area contributed by atoms with Crippen molar-refractivity contribution in [3.8, 4) is 0 Å². The molecule has 1 saturated heterocycles. The fourth-order valence-corrected chi connectivity index (χ4v) is 3.26. The van der Waals surface area contributed by atoms with Gasteiger partial charge < -0.3 is 19.7 Å². The average molecular weight is 308 g/mol. The number of carboxylic acid groups (broad SMARTS) is 1. The fourth-order valence-electron chi connectivity index (χ4n) is 3.26. The first-order valence-electron chi connectivity index (χ1n) is 7.69. The van der Waals surface area contributed by atoms with Gasteiger partial charge in [0.05, 0.1) is 12.0 Å². The van der Waals surface area contributed by atoms with Crippen LogP contribution in [0, 0.1) is 0 Å². The molecular weight excluding hydrogens is 288 g/mol. The van der Waals surface area contributed by atoms with Gasteiger partial charge in [0.2, 0.25) is 0 Å². The molecule has 1 aromatic heterocycles. The number of aliphatic carboxylic acids is 1. The molecule has 3 rings (SSSR count). The summed E-state index contributed by atoms with van der Waals surface area (Å²) in [5.74, 6) is -0.477. The monoisotopic (exact) mass is 308 g/mol. The summed E-state index contributed by atoms with van der Waals surface area (Å²) >= 11 is 0. The van der Waals surface area contributed by atoms with Crippen LogP contribution in [-0.2, 0) is 22.4 Å². The number of amides is 1. The zero-order valence-electron chi connectivity index (χ0n) is 12.4. The van der Waals surface area contributed by atoms with E-state index in [9.17, 15) is 9.59 Å². The minimum absolute atomic E-state index is 0.109. The molecule has 7 nitrogen and oxygen atoms in total. The molecular formula is C15H20N2O5. The summed E-state index contributed by atoms with van der Waals surface area (Å²) in [5.41, 5.74) is 0.425. The molecule has 0 saturated carbocycles. The van der Waals surface area contributed by atoms with E-state index in [0.29, 0.717) is 31.7 Å². The van der Waals surface area contributed by atoms with E-state index in [1.807, 2.05) is 0 Å². The number of ether oxygens (including phenoxy) is 1. The molecule has 0 spiro atoms. The van der Waals surface area contributed by atoms with Crippen molar-refractivity contribution in [2.75, 3.05) is 13.2 Å². The average Bonchev–Trinajstić information content (AvgIpc) is 2.91. The van der Waals surface area contributed by atoms with Gasteiger partial charge >= 0.3 is 5.97 Å². The Morgan fingerprint density at radius 1 is 1.23 bits per heavy atom. The molecule has 0 aromatic carbocycles. The molecule has 0 radical (unpaired) electrons. The molecule has 1 fully saturated rings. The number of nitrogens with zero attached hydrogens (tertiary/aromatic N) is 1. The lowest BCUT2D eigenvalue weighted by Gasteiger charge is -2.36. The number of hydrogen-bond acceptors (Lipinski definition) is 5. The van der Waals surface area contributed by atoms with E-state index >= 15 is 0 Å². The number of fused-ring (bicyclic) bond motifs is 1. The van der Waals surface area contributed by atoms with Gasteiger partial charge in [-0.1, -0.05) is 5.16 Å². The Balaban J connectivity index is 1.79. The highest BCUT2D eigenvalue weighted by Crippen LogP contribution is 2.28. The zero-order valence-corrected chi connectivity index (χ0v) is 12.4. The number of carbonyl (C=O) groups excluding carboxylic acids is 1. The molecule has 22 heavy (non-hydrogen) atoms. The number of aromatic nitrogens is 1. The molecule has 1 aliphatic carbocycles. The highest BCUT2D eigenvalue weighted by molar-refractivity contribution is 5.94. The van der Waals surface area contributed by atoms with Crippen LogP contribution in [0.25, 0.3) is 0 Å². The predicted molar refractivity (Wildman–Crippen MR) is 75.6 cm³/mol. The lowest BCUT2D eigenvalue weighted by Crippen LogP contribution is -2.53. The van der Waals surface area contributed by atoms with Gasteiger partial charge in [0.25, 0.3) is 5.91 Å². The van der Waals surface area contributed by atoms with Gasteiger partial charge in [0.15, 0.2) is 5.69 Å². The maximum atomic E-state index is 12.6. The normalized spacial score (nSPS) is 20.2. The summed E-state index contributed by atoms with van der Waals surface area (Å²) in [5, 5.41) is 15.9. The third kappa shape index (κ3) is 2.99. The van der Waals surface area contributed by atoms with Gasteiger partial charge in [-0.05, 0) is 32.1 Å². The lowest BCUT2D eigenvalue weighted by molar-refractivity contribution is -0.139. The molecule has 1 aromatic rings. The Kier molecular flexibility index (Phi) is 4.15. The van der Waals surface area contributed by atoms with Crippen molar-refractivity contribution in [3.05, 3.63) is 17.0 Å². The van der Waals surface area contributed by atoms with E-state index in [1.165, 1.54) is 0 Å². The van der Waals surface area contributed by atoms with Crippen LogP contribution in [-0.4, -0.2) is 40.9 Å². The van der Waals surface area contributed by atoms with Crippen molar-refractivity contribution in [1.82, 2.24) is 10.5 Å². The Morgan fingerprint density at radius 3 is 2.68 bits per heavy atom. The second-order valence-corrected chi connectivity index (χ2v) is 6.06. The minimum atomic E-state index is -0.926. The largest absolute Gasteiger partial charge is 0.481 e. The summed E-state index contributed by atoms with van der Waals surface area (Å²) in [7, 11) is 0. The second-order valence-electron chi connectivity index (χ2n) is 6.06. The summed E-state index contributed by atoms with van der Waals surface area (Å²) in [6.07, 6.45) is 4.53. The van der Waals surface area contributed by atoms with Gasteiger partial charge in [0, 0.05) is 25.2 Å². The van der Waals surface area contributed by atoms with Crippen molar-refractivity contribution in [1.29, 1.82) is 0 Å². The smallest absolute Gasteiger partial charge is 0.305 e. The first-order valence-corrected chi connectivity index (χ1v) is 7.69. The topological polar surface area (TPSA) is 102 Å². The third-order valence-electron chi connectivity index (χ3n) is 4.48. The summed E-state index contributed by atoms with van der Waals surface area (Å²) in [6, 6.07) is 0. The summed E-state index contributed by atoms with van der Waals surface area (Å²) < 4.78 is 10.6. The fraction of sp³-hybridized carbons (Fsp3) is 0.667. The first kappa shape index (κ1) is 15.0. The van der Waals surface area contributed by atoms with Crippen LogP contribution >= 0.6 is 0 Å². The van der Waals surface area contributed by atoms with E-state index in [1.54, 1.807) is 0 Å². The van der Waals surface area contributed by atoms with Crippen molar-refractivity contribution < 1.29 is 24.0 Å². The lowest BCUT2D eigenvalue weighted by atomic mass is 9.86. The van der Waals surface area contributed by atoms with Crippen molar-refractivity contribution in [2.45, 2.75) is 50.5 Å². The molecule has 7 heteroatoms. The Hall–Kier alpha value is -1.89. The Labute approximate surface area is 128 Å². The SMILES string of the molecule is O=C(O)CC1(NC(=O)c2noc3c2CCCC3)CCOCC1. The Bertz CT molecular complexity index is 574. The van der Waals surface area contributed by atoms with Gasteiger partial charge in [-0.2, -0.15) is 0 Å². The summed E-state index contributed by atoms with van der Waals surface area (Å²) in [6.45, 7) is 0.898. The minimum Gasteiger partial charge on any atom is -0.481 e. The number of carbonyl (C=O) groups is 2. The highest BCUT2D eigenvalue weighted by Gasteiger charge is 2.38. The third-order valence-corrected chi connectivity index (χ3v) is 4.48. The van der Waals surface area contributed by atoms with E-state index < -0.39 is 11.5 Å². The predicted octanol–water partition coefficient (Wildman–Crippen LogP) is 1.31. The van der Waals surface area contributed by atoms with Crippen LogP contribution in [0.1, 0.15) is 53.9 Å². The molecule has 1 amide bonds. The molecule has 2 N–H and O–H groups in total. The molecule has 120 valence electrons. The van der Waals surface area contributed by atoms with Gasteiger partial charge in [0.1, 0.15) is 5.76 Å². The zero-order chi connectivity index (χ0) is 15.6. The number of aryl methyl sites for hydroxylation is 1. The molecule has 0 atom stereocenters. The van der Waals surface area contributed by atoms with Gasteiger partial charge in [-0.15, -0.1) is 0 Å². The second kappa shape index (κ2) is 6.08. The highest BCUT2D eigenvalue weighted by atomic mass is 16.5. The quantitative estimate of drug-likeness (QED) is 0.869. The van der Waals surface area contributed by atoms with Crippen molar-refractivity contribution in [3.63, 3.8) is 0 Å². The molecule has 1 aliphatic heterocycles. The molecule has 0 unspecified atom stereocenters. The van der Waals surface area contributed by atoms with E-state index in [-0.39, 0.29) is 12.3 Å². The van der Waals surface area contributed by atoms with Gasteiger partial charge in [-0.25, -0.2) is 0 Å². The van der Waals surface area contributed by atoms with Crippen molar-refractivity contribution >= 4 is 11.9 Å². The van der Waals surface area contributed by atoms with Crippen LogP contribution in [0.15, 0.2) is 4.52 Å². The van der Waals surface area contributed by atoms with E-state index in [4.69, 9.17) is 14.4 Å². The van der Waals surface area contributed by atoms with Crippen LogP contribution in [0.4, 0.5) is 0 Å². The van der Waals surface area contributed by atoms with Crippen LogP contribution in [0.2, 0.25) is 0 Å². The standard InChI is InChI=1S/C15H20N2O5/c18-12(19)9-15(5-7-21-8-6-15)16-14(20)13-10-3-1-2-4-11(10)22-17-13/h1-9H2,(H,16,20)(H,18,19). The number of carboxylic acids is 1. The molecule has 0 bridgehead atoms. The van der Waals surface area contributed by atoms with E-state index in [2.05, 4.69) is 10.5 Å². The van der Waals surface area contributed by atoms with Crippen LogP contribution < -0.4 is 5.32 Å². The van der Waals surface area contributed by atoms with Crippen LogP contribution in [0.3, 0.4) is 0 Å². The first-order chi connectivity index (χ1) is 10.6. The Morgan fingerprint density at radius 2 is 1.95 bits per heavy atom. The molecule has 2 heterocycles. The molecule has 2 aliphatic rings. The van der Waals surface area contributed by atoms with E-state index in [0.717, 1.165) is 37.0 Å². The van der Waals surface area contributed by atoms with Crippen LogP contribution in [0.5, 0.6) is 0 Å². The number of nitrogens with one attached hydrogen (secondary N) is 1. The van der Waals surface area contributed by atoms with Crippen molar-refractivity contribution in [2.24, 2.45) is 0 Å².